The molecule has 0 spiro atoms. The van der Waals surface area contributed by atoms with Gasteiger partial charge in [-0.2, -0.15) is 4.98 Å². The van der Waals surface area contributed by atoms with Crippen molar-refractivity contribution in [1.82, 2.24) is 9.97 Å². The molecule has 0 radical (unpaired) electrons. The average molecular weight is 274 g/mol. The zero-order valence-corrected chi connectivity index (χ0v) is 11.8. The predicted octanol–water partition coefficient (Wildman–Crippen LogP) is 1.81. The summed E-state index contributed by atoms with van der Waals surface area (Å²) in [7, 11) is 3.23. The van der Waals surface area contributed by atoms with Crippen LogP contribution in [-0.4, -0.2) is 24.2 Å². The van der Waals surface area contributed by atoms with E-state index in [0.29, 0.717) is 5.82 Å². The molecule has 20 heavy (non-hydrogen) atoms. The van der Waals surface area contributed by atoms with Crippen LogP contribution in [0.15, 0.2) is 24.4 Å². The van der Waals surface area contributed by atoms with Crippen LogP contribution in [0.25, 0.3) is 0 Å². The molecule has 6 nitrogen and oxygen atoms in total. The largest absolute Gasteiger partial charge is 0.497 e. The van der Waals surface area contributed by atoms with Gasteiger partial charge in [-0.25, -0.2) is 4.98 Å². The summed E-state index contributed by atoms with van der Waals surface area (Å²) in [6.07, 6.45) is 1.64. The Bertz CT molecular complexity index is 616. The molecule has 0 amide bonds. The number of rotatable bonds is 4. The van der Waals surface area contributed by atoms with Crippen molar-refractivity contribution >= 4 is 11.8 Å². The number of anilines is 2. The summed E-state index contributed by atoms with van der Waals surface area (Å²) in [6, 6.07) is 5.65. The fraction of sp³-hybridized carbons (Fsp3) is 0.286. The van der Waals surface area contributed by atoms with Crippen LogP contribution in [0.2, 0.25) is 0 Å². The van der Waals surface area contributed by atoms with Crippen LogP contribution in [0.4, 0.5) is 11.8 Å². The zero-order chi connectivity index (χ0) is 14.7. The van der Waals surface area contributed by atoms with E-state index < -0.39 is 0 Å². The van der Waals surface area contributed by atoms with E-state index in [4.69, 9.17) is 20.9 Å². The number of nitrogens with two attached hydrogens (primary N) is 2. The Hall–Kier alpha value is -2.50. The van der Waals surface area contributed by atoms with Crippen LogP contribution in [0.5, 0.6) is 11.5 Å². The normalized spacial score (nSPS) is 11.9. The van der Waals surface area contributed by atoms with Crippen LogP contribution < -0.4 is 20.9 Å². The maximum Gasteiger partial charge on any atom is 0.221 e. The van der Waals surface area contributed by atoms with Crippen molar-refractivity contribution in [1.29, 1.82) is 0 Å². The lowest BCUT2D eigenvalue weighted by atomic mass is 9.93. The van der Waals surface area contributed by atoms with Crippen molar-refractivity contribution in [3.63, 3.8) is 0 Å². The number of methoxy groups -OCH3 is 2. The third-order valence-corrected chi connectivity index (χ3v) is 3.24. The van der Waals surface area contributed by atoms with Gasteiger partial charge in [0.15, 0.2) is 0 Å². The molecule has 1 unspecified atom stereocenters. The topological polar surface area (TPSA) is 96.3 Å². The second-order valence-electron chi connectivity index (χ2n) is 4.40. The summed E-state index contributed by atoms with van der Waals surface area (Å²) in [5.41, 5.74) is 13.2. The number of nitrogen functional groups attached to an aromatic ring is 2. The van der Waals surface area contributed by atoms with E-state index >= 15 is 0 Å². The summed E-state index contributed by atoms with van der Waals surface area (Å²) in [6.45, 7) is 2.01. The Kier molecular flexibility index (Phi) is 3.93. The summed E-state index contributed by atoms with van der Waals surface area (Å²) in [5, 5.41) is 0. The molecule has 0 aliphatic carbocycles. The molecule has 0 fully saturated rings. The van der Waals surface area contributed by atoms with Gasteiger partial charge in [-0.15, -0.1) is 0 Å². The van der Waals surface area contributed by atoms with Crippen LogP contribution in [-0.2, 0) is 0 Å². The molecular formula is C14H18N4O2. The molecular weight excluding hydrogens is 256 g/mol. The number of hydrogen-bond donors (Lipinski definition) is 2. The Labute approximate surface area is 117 Å². The first-order valence-electron chi connectivity index (χ1n) is 6.16. The third-order valence-electron chi connectivity index (χ3n) is 3.24. The highest BCUT2D eigenvalue weighted by Gasteiger charge is 2.18. The first-order chi connectivity index (χ1) is 9.56. The summed E-state index contributed by atoms with van der Waals surface area (Å²) in [5.74, 6) is 1.99. The second-order valence-corrected chi connectivity index (χ2v) is 4.40. The minimum absolute atomic E-state index is 0.0172. The Morgan fingerprint density at radius 2 is 1.85 bits per heavy atom. The number of ether oxygens (including phenoxy) is 2. The molecule has 2 aromatic rings. The van der Waals surface area contributed by atoms with E-state index in [1.807, 2.05) is 25.1 Å². The van der Waals surface area contributed by atoms with Gasteiger partial charge in [0, 0.05) is 29.3 Å². The van der Waals surface area contributed by atoms with Gasteiger partial charge in [-0.05, 0) is 6.07 Å². The lowest BCUT2D eigenvalue weighted by molar-refractivity contribution is 0.390. The van der Waals surface area contributed by atoms with Gasteiger partial charge >= 0.3 is 0 Å². The van der Waals surface area contributed by atoms with Crippen LogP contribution in [0, 0.1) is 0 Å². The molecule has 1 atom stereocenters. The molecule has 0 aliphatic heterocycles. The minimum Gasteiger partial charge on any atom is -0.497 e. The molecule has 1 aromatic carbocycles. The maximum atomic E-state index is 5.91. The lowest BCUT2D eigenvalue weighted by Crippen LogP contribution is -2.08. The van der Waals surface area contributed by atoms with E-state index in [2.05, 4.69) is 9.97 Å². The highest BCUT2D eigenvalue weighted by atomic mass is 16.5. The van der Waals surface area contributed by atoms with Crippen molar-refractivity contribution in [2.24, 2.45) is 0 Å². The molecule has 4 N–H and O–H groups in total. The van der Waals surface area contributed by atoms with Gasteiger partial charge in [-0.3, -0.25) is 0 Å². The first kappa shape index (κ1) is 13.9. The van der Waals surface area contributed by atoms with Crippen molar-refractivity contribution in [2.75, 3.05) is 25.7 Å². The van der Waals surface area contributed by atoms with Crippen molar-refractivity contribution < 1.29 is 9.47 Å². The number of nitrogens with zero attached hydrogens (tertiary/aromatic N) is 2. The fourth-order valence-electron chi connectivity index (χ4n) is 2.10. The highest BCUT2D eigenvalue weighted by Crippen LogP contribution is 2.35. The lowest BCUT2D eigenvalue weighted by Gasteiger charge is -2.17. The Balaban J connectivity index is 2.44. The van der Waals surface area contributed by atoms with E-state index in [1.165, 1.54) is 0 Å². The molecule has 0 aliphatic rings. The molecule has 0 bridgehead atoms. The van der Waals surface area contributed by atoms with E-state index in [9.17, 15) is 0 Å². The molecule has 2 rings (SSSR count). The number of benzene rings is 1. The SMILES string of the molecule is COc1ccc(C(C)c2cnc(N)nc2N)c(OC)c1. The van der Waals surface area contributed by atoms with E-state index in [-0.39, 0.29) is 11.9 Å². The van der Waals surface area contributed by atoms with Crippen molar-refractivity contribution in [3.05, 3.63) is 35.5 Å². The number of hydrogen-bond acceptors (Lipinski definition) is 6. The third kappa shape index (κ3) is 2.59. The van der Waals surface area contributed by atoms with Crippen LogP contribution in [0.1, 0.15) is 24.0 Å². The van der Waals surface area contributed by atoms with E-state index in [0.717, 1.165) is 22.6 Å². The van der Waals surface area contributed by atoms with Gasteiger partial charge in [0.2, 0.25) is 5.95 Å². The highest BCUT2D eigenvalue weighted by molar-refractivity contribution is 5.51. The number of aromatic nitrogens is 2. The second kappa shape index (κ2) is 5.64. The predicted molar refractivity (Wildman–Crippen MR) is 77.9 cm³/mol. The monoisotopic (exact) mass is 274 g/mol. The van der Waals surface area contributed by atoms with Crippen molar-refractivity contribution in [3.8, 4) is 11.5 Å². The first-order valence-corrected chi connectivity index (χ1v) is 6.16. The van der Waals surface area contributed by atoms with E-state index in [1.54, 1.807) is 20.4 Å². The summed E-state index contributed by atoms with van der Waals surface area (Å²) < 4.78 is 10.6. The van der Waals surface area contributed by atoms with Crippen LogP contribution >= 0.6 is 0 Å². The summed E-state index contributed by atoms with van der Waals surface area (Å²) >= 11 is 0. The molecule has 0 saturated heterocycles. The van der Waals surface area contributed by atoms with Gasteiger partial charge in [0.25, 0.3) is 0 Å². The fourth-order valence-corrected chi connectivity index (χ4v) is 2.10. The van der Waals surface area contributed by atoms with Gasteiger partial charge in [0.05, 0.1) is 14.2 Å². The Morgan fingerprint density at radius 3 is 2.45 bits per heavy atom. The molecule has 106 valence electrons. The van der Waals surface area contributed by atoms with Gasteiger partial charge in [0.1, 0.15) is 17.3 Å². The van der Waals surface area contributed by atoms with Gasteiger partial charge in [-0.1, -0.05) is 13.0 Å². The molecule has 1 aromatic heterocycles. The summed E-state index contributed by atoms with van der Waals surface area (Å²) in [4.78, 5) is 7.99. The maximum absolute atomic E-state index is 5.91. The standard InChI is InChI=1S/C14H18N4O2/c1-8(11-7-17-14(16)18-13(11)15)10-5-4-9(19-2)6-12(10)20-3/h4-8H,1-3H3,(H4,15,16,17,18). The molecule has 1 heterocycles. The average Bonchev–Trinajstić information content (AvgIpc) is 2.46. The van der Waals surface area contributed by atoms with Gasteiger partial charge < -0.3 is 20.9 Å². The van der Waals surface area contributed by atoms with Crippen LogP contribution in [0.3, 0.4) is 0 Å². The zero-order valence-electron chi connectivity index (χ0n) is 11.8. The minimum atomic E-state index is -0.0172. The molecule has 6 heteroatoms. The van der Waals surface area contributed by atoms with Crippen molar-refractivity contribution in [2.45, 2.75) is 12.8 Å². The molecule has 0 saturated carbocycles. The quantitative estimate of drug-likeness (QED) is 0.882. The Morgan fingerprint density at radius 1 is 1.10 bits per heavy atom. The smallest absolute Gasteiger partial charge is 0.221 e.